The van der Waals surface area contributed by atoms with Crippen LogP contribution in [0.3, 0.4) is 0 Å². The maximum Gasteiger partial charge on any atom is 0.259 e. The summed E-state index contributed by atoms with van der Waals surface area (Å²) in [6.45, 7) is 7.38. The number of carbonyl (C=O) groups excluding carboxylic acids is 1. The van der Waals surface area contributed by atoms with Gasteiger partial charge in [-0.2, -0.15) is 0 Å². The molecule has 11 heavy (non-hydrogen) atoms. The van der Waals surface area contributed by atoms with Crippen LogP contribution in [-0.4, -0.2) is 25.8 Å². The van der Waals surface area contributed by atoms with Crippen LogP contribution in [0.5, 0.6) is 0 Å². The van der Waals surface area contributed by atoms with Crippen LogP contribution in [0.1, 0.15) is 0 Å². The number of rotatable bonds is 7. The van der Waals surface area contributed by atoms with Gasteiger partial charge in [0.25, 0.3) is 6.29 Å². The lowest BCUT2D eigenvalue weighted by Crippen LogP contribution is -2.18. The van der Waals surface area contributed by atoms with Crippen LogP contribution >= 0.6 is 0 Å². The van der Waals surface area contributed by atoms with E-state index in [-0.39, 0.29) is 13.2 Å². The fourth-order valence-electron chi connectivity index (χ4n) is 0.427. The minimum Gasteiger partial charge on any atom is -0.341 e. The molecule has 0 unspecified atom stereocenters. The first kappa shape index (κ1) is 10.1. The number of hydrogen-bond acceptors (Lipinski definition) is 3. The fraction of sp³-hybridized carbons (Fsp3) is 0.375. The zero-order chi connectivity index (χ0) is 8.53. The van der Waals surface area contributed by atoms with Crippen molar-refractivity contribution in [1.29, 1.82) is 0 Å². The molecule has 0 N–H and O–H groups in total. The van der Waals surface area contributed by atoms with Gasteiger partial charge in [-0.25, -0.2) is 0 Å². The lowest BCUT2D eigenvalue weighted by atomic mass is 10.6. The smallest absolute Gasteiger partial charge is 0.259 e. The second-order valence-electron chi connectivity index (χ2n) is 1.69. The van der Waals surface area contributed by atoms with Crippen molar-refractivity contribution in [2.45, 2.75) is 6.29 Å². The topological polar surface area (TPSA) is 35.5 Å². The van der Waals surface area contributed by atoms with Crippen molar-refractivity contribution < 1.29 is 14.3 Å². The van der Waals surface area contributed by atoms with Crippen LogP contribution in [0.4, 0.5) is 0 Å². The van der Waals surface area contributed by atoms with Crippen molar-refractivity contribution in [1.82, 2.24) is 0 Å². The van der Waals surface area contributed by atoms with Crippen molar-refractivity contribution in [3.8, 4) is 0 Å². The summed E-state index contributed by atoms with van der Waals surface area (Å²) in [6, 6.07) is 0. The van der Waals surface area contributed by atoms with E-state index in [1.165, 1.54) is 12.2 Å². The maximum atomic E-state index is 10.1. The van der Waals surface area contributed by atoms with Crippen LogP contribution in [0.15, 0.2) is 25.3 Å². The molecule has 0 aliphatic carbocycles. The van der Waals surface area contributed by atoms with E-state index in [4.69, 9.17) is 9.47 Å². The van der Waals surface area contributed by atoms with E-state index in [1.807, 2.05) is 0 Å². The van der Waals surface area contributed by atoms with Gasteiger partial charge < -0.3 is 9.47 Å². The molecule has 0 saturated heterocycles. The van der Waals surface area contributed by atoms with E-state index in [1.54, 1.807) is 6.29 Å². The Morgan fingerprint density at radius 3 is 2.00 bits per heavy atom. The van der Waals surface area contributed by atoms with Crippen molar-refractivity contribution in [2.75, 3.05) is 13.2 Å². The first-order valence-corrected chi connectivity index (χ1v) is 3.17. The molecule has 0 aliphatic rings. The molecule has 3 nitrogen and oxygen atoms in total. The van der Waals surface area contributed by atoms with Gasteiger partial charge in [0.15, 0.2) is 0 Å². The van der Waals surface area contributed by atoms with Crippen molar-refractivity contribution in [2.24, 2.45) is 0 Å². The van der Waals surface area contributed by atoms with Crippen LogP contribution in [0.25, 0.3) is 0 Å². The summed E-state index contributed by atoms with van der Waals surface area (Å²) >= 11 is 0. The molecule has 0 atom stereocenters. The summed E-state index contributed by atoms with van der Waals surface area (Å²) < 4.78 is 9.66. The van der Waals surface area contributed by atoms with Gasteiger partial charge in [0, 0.05) is 0 Å². The van der Waals surface area contributed by atoms with E-state index in [0.717, 1.165) is 0 Å². The van der Waals surface area contributed by atoms with Crippen molar-refractivity contribution >= 4 is 6.29 Å². The molecule has 0 aromatic carbocycles. The lowest BCUT2D eigenvalue weighted by Gasteiger charge is -2.08. The molecule has 0 fully saturated rings. The Kier molecular flexibility index (Phi) is 6.57. The van der Waals surface area contributed by atoms with Gasteiger partial charge >= 0.3 is 0 Å². The van der Waals surface area contributed by atoms with Gasteiger partial charge in [-0.1, -0.05) is 12.2 Å². The molecule has 0 aliphatic heterocycles. The molecule has 0 aromatic rings. The summed E-state index contributed by atoms with van der Waals surface area (Å²) in [5.74, 6) is 0. The van der Waals surface area contributed by atoms with Gasteiger partial charge in [0.1, 0.15) is 0 Å². The highest BCUT2D eigenvalue weighted by molar-refractivity contribution is 5.54. The zero-order valence-corrected chi connectivity index (χ0v) is 6.29. The molecule has 0 rings (SSSR count). The second-order valence-corrected chi connectivity index (χ2v) is 1.69. The Labute approximate surface area is 66.3 Å². The average molecular weight is 155 g/mol. The third-order valence-electron chi connectivity index (χ3n) is 0.827. The Balaban J connectivity index is 3.47. The van der Waals surface area contributed by atoms with Gasteiger partial charge in [-0.05, 0) is 0 Å². The van der Waals surface area contributed by atoms with E-state index in [0.29, 0.717) is 0 Å². The SMILES string of the molecule is C=CCOC([C]=O)OCC=C. The van der Waals surface area contributed by atoms with E-state index >= 15 is 0 Å². The third-order valence-corrected chi connectivity index (χ3v) is 0.827. The Morgan fingerprint density at radius 1 is 1.27 bits per heavy atom. The normalized spacial score (nSPS) is 9.55. The summed E-state index contributed by atoms with van der Waals surface area (Å²) in [5, 5.41) is 0. The second kappa shape index (κ2) is 7.18. The third kappa shape index (κ3) is 5.51. The monoisotopic (exact) mass is 155 g/mol. The molecule has 0 amide bonds. The predicted molar refractivity (Wildman–Crippen MR) is 41.8 cm³/mol. The minimum atomic E-state index is -0.925. The summed E-state index contributed by atoms with van der Waals surface area (Å²) in [7, 11) is 0. The molecular formula is C8H11O3. The summed E-state index contributed by atoms with van der Waals surface area (Å²) in [4.78, 5) is 10.1. The zero-order valence-electron chi connectivity index (χ0n) is 6.29. The van der Waals surface area contributed by atoms with Crippen LogP contribution in [0.2, 0.25) is 0 Å². The standard InChI is InChI=1S/C8H11O3/c1-3-5-10-8(7-9)11-6-4-2/h3-4,8H,1-2,5-6H2. The van der Waals surface area contributed by atoms with Gasteiger partial charge in [-0.15, -0.1) is 13.2 Å². The highest BCUT2D eigenvalue weighted by atomic mass is 16.7. The number of ether oxygens (including phenoxy) is 2. The van der Waals surface area contributed by atoms with Crippen LogP contribution in [0, 0.1) is 0 Å². The highest BCUT2D eigenvalue weighted by Crippen LogP contribution is 1.90. The Bertz CT molecular complexity index is 119. The molecule has 0 saturated carbocycles. The molecular weight excluding hydrogens is 144 g/mol. The van der Waals surface area contributed by atoms with E-state index in [2.05, 4.69) is 13.2 Å². The first-order valence-electron chi connectivity index (χ1n) is 3.17. The first-order chi connectivity index (χ1) is 5.35. The van der Waals surface area contributed by atoms with Crippen molar-refractivity contribution in [3.63, 3.8) is 0 Å². The predicted octanol–water partition coefficient (Wildman–Crippen LogP) is 0.827. The summed E-state index contributed by atoms with van der Waals surface area (Å²) in [6.07, 6.45) is 3.72. The molecule has 1 radical (unpaired) electrons. The molecule has 0 spiro atoms. The Hall–Kier alpha value is -0.930. The molecule has 61 valence electrons. The van der Waals surface area contributed by atoms with Gasteiger partial charge in [0.05, 0.1) is 13.2 Å². The molecule has 3 heteroatoms. The van der Waals surface area contributed by atoms with Crippen LogP contribution in [-0.2, 0) is 14.3 Å². The molecule has 0 aromatic heterocycles. The van der Waals surface area contributed by atoms with E-state index in [9.17, 15) is 4.79 Å². The number of hydrogen-bond donors (Lipinski definition) is 0. The van der Waals surface area contributed by atoms with E-state index < -0.39 is 6.29 Å². The van der Waals surface area contributed by atoms with Gasteiger partial charge in [-0.3, -0.25) is 4.79 Å². The molecule has 0 heterocycles. The quantitative estimate of drug-likeness (QED) is 0.403. The van der Waals surface area contributed by atoms with Crippen LogP contribution < -0.4 is 0 Å². The highest BCUT2D eigenvalue weighted by Gasteiger charge is 2.05. The fourth-order valence-corrected chi connectivity index (χ4v) is 0.427. The van der Waals surface area contributed by atoms with Crippen molar-refractivity contribution in [3.05, 3.63) is 25.3 Å². The average Bonchev–Trinajstić information content (AvgIpc) is 2.05. The largest absolute Gasteiger partial charge is 0.341 e. The Morgan fingerprint density at radius 2 is 1.73 bits per heavy atom. The maximum absolute atomic E-state index is 10.1. The lowest BCUT2D eigenvalue weighted by molar-refractivity contribution is -0.0803. The molecule has 0 bridgehead atoms. The van der Waals surface area contributed by atoms with Gasteiger partial charge in [0.2, 0.25) is 6.29 Å². The summed E-state index contributed by atoms with van der Waals surface area (Å²) in [5.41, 5.74) is 0. The minimum absolute atomic E-state index is 0.275.